The molecule has 140 valence electrons. The Labute approximate surface area is 149 Å². The van der Waals surface area contributed by atoms with Crippen LogP contribution in [0.25, 0.3) is 22.8 Å². The third-order valence-electron chi connectivity index (χ3n) is 3.69. The lowest BCUT2D eigenvalue weighted by Gasteiger charge is -2.09. The molecule has 3 rings (SSSR count). The lowest BCUT2D eigenvalue weighted by molar-refractivity contribution is -0.138. The van der Waals surface area contributed by atoms with Crippen molar-refractivity contribution in [3.63, 3.8) is 0 Å². The number of halogens is 6. The summed E-state index contributed by atoms with van der Waals surface area (Å²) in [7, 11) is 0. The normalized spacial score (nSPS) is 12.3. The second-order valence-corrected chi connectivity index (χ2v) is 5.68. The molecule has 2 aromatic carbocycles. The Kier molecular flexibility index (Phi) is 4.63. The largest absolute Gasteiger partial charge is 0.416 e. The maximum Gasteiger partial charge on any atom is 0.416 e. The van der Waals surface area contributed by atoms with Crippen molar-refractivity contribution >= 4 is 0 Å². The van der Waals surface area contributed by atoms with Crippen LogP contribution >= 0.6 is 0 Å². The Morgan fingerprint density at radius 1 is 0.556 bits per heavy atom. The van der Waals surface area contributed by atoms with E-state index in [9.17, 15) is 26.3 Å². The summed E-state index contributed by atoms with van der Waals surface area (Å²) in [4.78, 5) is 12.4. The van der Waals surface area contributed by atoms with Gasteiger partial charge in [-0.3, -0.25) is 0 Å². The van der Waals surface area contributed by atoms with Crippen molar-refractivity contribution in [3.8, 4) is 22.8 Å². The third-order valence-corrected chi connectivity index (χ3v) is 3.69. The number of hydrogen-bond acceptors (Lipinski definition) is 3. The van der Waals surface area contributed by atoms with Crippen molar-refractivity contribution in [1.82, 2.24) is 15.0 Å². The van der Waals surface area contributed by atoms with Gasteiger partial charge in [0.2, 0.25) is 0 Å². The van der Waals surface area contributed by atoms with Crippen molar-refractivity contribution in [2.24, 2.45) is 0 Å². The maximum absolute atomic E-state index is 12.7. The Hall–Kier alpha value is -2.97. The molecule has 1 heterocycles. The quantitative estimate of drug-likeness (QED) is 0.545. The minimum atomic E-state index is -4.46. The van der Waals surface area contributed by atoms with E-state index in [1.165, 1.54) is 24.3 Å². The van der Waals surface area contributed by atoms with Gasteiger partial charge in [0.15, 0.2) is 11.6 Å². The van der Waals surface area contributed by atoms with E-state index >= 15 is 0 Å². The Morgan fingerprint density at radius 3 is 1.19 bits per heavy atom. The van der Waals surface area contributed by atoms with Crippen LogP contribution in [-0.2, 0) is 12.4 Å². The van der Waals surface area contributed by atoms with Crippen LogP contribution in [0.5, 0.6) is 0 Å². The van der Waals surface area contributed by atoms with E-state index in [-0.39, 0.29) is 17.5 Å². The molecule has 0 bridgehead atoms. The van der Waals surface area contributed by atoms with E-state index in [0.29, 0.717) is 11.1 Å². The van der Waals surface area contributed by atoms with Gasteiger partial charge in [0.1, 0.15) is 5.82 Å². The summed E-state index contributed by atoms with van der Waals surface area (Å²) in [6.45, 7) is 1.56. The fourth-order valence-electron chi connectivity index (χ4n) is 2.36. The second kappa shape index (κ2) is 6.64. The van der Waals surface area contributed by atoms with E-state index in [1.807, 2.05) is 0 Å². The van der Waals surface area contributed by atoms with Crippen LogP contribution < -0.4 is 0 Å². The minimum absolute atomic E-state index is 0.131. The van der Waals surface area contributed by atoms with Gasteiger partial charge in [-0.1, -0.05) is 24.3 Å². The summed E-state index contributed by atoms with van der Waals surface area (Å²) in [6.07, 6.45) is -8.92. The van der Waals surface area contributed by atoms with Gasteiger partial charge in [-0.25, -0.2) is 15.0 Å². The molecule has 0 N–H and O–H groups in total. The summed E-state index contributed by atoms with van der Waals surface area (Å²) in [6, 6.07) is 8.56. The summed E-state index contributed by atoms with van der Waals surface area (Å²) < 4.78 is 76.0. The van der Waals surface area contributed by atoms with Crippen LogP contribution in [0.4, 0.5) is 26.3 Å². The van der Waals surface area contributed by atoms with Crippen LogP contribution in [-0.4, -0.2) is 15.0 Å². The molecule has 0 aliphatic carbocycles. The fourth-order valence-corrected chi connectivity index (χ4v) is 2.36. The van der Waals surface area contributed by atoms with Gasteiger partial charge in [-0.2, -0.15) is 26.3 Å². The first kappa shape index (κ1) is 18.8. The molecule has 0 aliphatic rings. The lowest BCUT2D eigenvalue weighted by Crippen LogP contribution is -2.05. The van der Waals surface area contributed by atoms with Crippen LogP contribution in [0.2, 0.25) is 0 Å². The zero-order valence-electron chi connectivity index (χ0n) is 13.7. The molecular formula is C18H11F6N3. The molecule has 0 atom stereocenters. The molecule has 3 aromatic rings. The molecule has 0 amide bonds. The molecular weight excluding hydrogens is 372 g/mol. The van der Waals surface area contributed by atoms with Gasteiger partial charge in [0.05, 0.1) is 11.1 Å². The van der Waals surface area contributed by atoms with Gasteiger partial charge in [0, 0.05) is 11.1 Å². The smallest absolute Gasteiger partial charge is 0.213 e. The zero-order valence-corrected chi connectivity index (χ0v) is 13.7. The first-order valence-electron chi connectivity index (χ1n) is 7.62. The maximum atomic E-state index is 12.7. The SMILES string of the molecule is Cc1nc(-c2ccc(C(F)(F)F)cc2)nc(-c2ccc(C(F)(F)F)cc2)n1. The van der Waals surface area contributed by atoms with Gasteiger partial charge in [0.25, 0.3) is 0 Å². The van der Waals surface area contributed by atoms with Crippen molar-refractivity contribution in [2.45, 2.75) is 19.3 Å². The highest BCUT2D eigenvalue weighted by Gasteiger charge is 2.31. The summed E-state index contributed by atoms with van der Waals surface area (Å²) >= 11 is 0. The standard InChI is InChI=1S/C18H11F6N3/c1-10-25-15(11-2-6-13(7-3-11)17(19,20)21)27-16(26-10)12-4-8-14(9-5-12)18(22,23)24/h2-9H,1H3. The van der Waals surface area contributed by atoms with Crippen LogP contribution in [0.3, 0.4) is 0 Å². The first-order chi connectivity index (χ1) is 12.5. The number of aryl methyl sites for hydroxylation is 1. The van der Waals surface area contributed by atoms with E-state index < -0.39 is 23.5 Å². The number of hydrogen-bond donors (Lipinski definition) is 0. The average molecular weight is 383 g/mol. The van der Waals surface area contributed by atoms with Crippen molar-refractivity contribution in [3.05, 3.63) is 65.5 Å². The van der Waals surface area contributed by atoms with Crippen LogP contribution in [0, 0.1) is 6.92 Å². The van der Waals surface area contributed by atoms with Crippen LogP contribution in [0.1, 0.15) is 17.0 Å². The zero-order chi connectivity index (χ0) is 19.8. The highest BCUT2D eigenvalue weighted by atomic mass is 19.4. The topological polar surface area (TPSA) is 38.7 Å². The van der Waals surface area contributed by atoms with E-state index in [1.54, 1.807) is 6.92 Å². The molecule has 0 aliphatic heterocycles. The van der Waals surface area contributed by atoms with Gasteiger partial charge in [-0.05, 0) is 31.2 Å². The highest BCUT2D eigenvalue weighted by Crippen LogP contribution is 2.32. The molecule has 0 spiro atoms. The monoisotopic (exact) mass is 383 g/mol. The molecule has 0 saturated heterocycles. The van der Waals surface area contributed by atoms with Gasteiger partial charge in [-0.15, -0.1) is 0 Å². The van der Waals surface area contributed by atoms with E-state index in [2.05, 4.69) is 15.0 Å². The van der Waals surface area contributed by atoms with E-state index in [4.69, 9.17) is 0 Å². The third kappa shape index (κ3) is 4.24. The number of nitrogens with zero attached hydrogens (tertiary/aromatic N) is 3. The Balaban J connectivity index is 1.97. The molecule has 0 fully saturated rings. The molecule has 9 heteroatoms. The van der Waals surface area contributed by atoms with Gasteiger partial charge >= 0.3 is 12.4 Å². The molecule has 3 nitrogen and oxygen atoms in total. The average Bonchev–Trinajstić information content (AvgIpc) is 2.60. The predicted molar refractivity (Wildman–Crippen MR) is 85.4 cm³/mol. The second-order valence-electron chi connectivity index (χ2n) is 5.68. The molecule has 0 saturated carbocycles. The van der Waals surface area contributed by atoms with Gasteiger partial charge < -0.3 is 0 Å². The van der Waals surface area contributed by atoms with E-state index in [0.717, 1.165) is 24.3 Å². The summed E-state index contributed by atoms with van der Waals surface area (Å²) in [5.41, 5.74) is -0.941. The fraction of sp³-hybridized carbons (Fsp3) is 0.167. The van der Waals surface area contributed by atoms with Crippen molar-refractivity contribution in [2.75, 3.05) is 0 Å². The lowest BCUT2D eigenvalue weighted by atomic mass is 10.1. The number of rotatable bonds is 2. The number of alkyl halides is 6. The summed E-state index contributed by atoms with van der Waals surface area (Å²) in [5, 5.41) is 0. The number of benzene rings is 2. The first-order valence-corrected chi connectivity index (χ1v) is 7.62. The molecule has 27 heavy (non-hydrogen) atoms. The molecule has 1 aromatic heterocycles. The molecule has 0 unspecified atom stereocenters. The van der Waals surface area contributed by atoms with Crippen molar-refractivity contribution < 1.29 is 26.3 Å². The molecule has 0 radical (unpaired) electrons. The Bertz CT molecular complexity index is 869. The number of aromatic nitrogens is 3. The highest BCUT2D eigenvalue weighted by molar-refractivity contribution is 5.61. The Morgan fingerprint density at radius 2 is 0.889 bits per heavy atom. The van der Waals surface area contributed by atoms with Crippen molar-refractivity contribution in [1.29, 1.82) is 0 Å². The predicted octanol–water partition coefficient (Wildman–Crippen LogP) is 5.55. The van der Waals surface area contributed by atoms with Crippen LogP contribution in [0.15, 0.2) is 48.5 Å². The summed E-state index contributed by atoms with van der Waals surface area (Å²) in [5.74, 6) is 0.548. The minimum Gasteiger partial charge on any atom is -0.213 e.